The lowest BCUT2D eigenvalue weighted by molar-refractivity contribution is -0.118. The summed E-state index contributed by atoms with van der Waals surface area (Å²) in [6.45, 7) is -0.298. The van der Waals surface area contributed by atoms with Crippen LogP contribution in [0.5, 0.6) is 5.75 Å². The van der Waals surface area contributed by atoms with E-state index in [0.717, 1.165) is 31.1 Å². The van der Waals surface area contributed by atoms with Gasteiger partial charge in [0, 0.05) is 16.8 Å². The zero-order chi connectivity index (χ0) is 18.0. The molecule has 0 heterocycles. The summed E-state index contributed by atoms with van der Waals surface area (Å²) in [5.41, 5.74) is 5.33. The molecule has 3 rings (SSSR count). The van der Waals surface area contributed by atoms with Gasteiger partial charge in [0.25, 0.3) is 0 Å². The molecular formula is C18H22N2O4S. The minimum absolute atomic E-state index is 0.178. The highest BCUT2D eigenvalue weighted by atomic mass is 32.2. The van der Waals surface area contributed by atoms with E-state index in [-0.39, 0.29) is 17.5 Å². The third-order valence-corrected chi connectivity index (χ3v) is 6.65. The molecule has 0 radical (unpaired) electrons. The molecule has 25 heavy (non-hydrogen) atoms. The van der Waals surface area contributed by atoms with Gasteiger partial charge in [-0.1, -0.05) is 37.1 Å². The van der Waals surface area contributed by atoms with E-state index in [1.165, 1.54) is 4.31 Å². The summed E-state index contributed by atoms with van der Waals surface area (Å²) < 4.78 is 33.3. The molecule has 6 nitrogen and oxygen atoms in total. The molecule has 0 unspecified atom stereocenters. The standard InChI is InChI=1S/C18H22N2O4S/c1-24-16-10-11-17(15-9-5-4-8-14(15)16)25(22,23)20(12-18(19)21)13-6-2-3-7-13/h4-5,8-11,13H,2-3,6-7,12H2,1H3,(H2,19,21). The van der Waals surface area contributed by atoms with Gasteiger partial charge in [-0.2, -0.15) is 4.31 Å². The zero-order valence-corrected chi connectivity index (χ0v) is 15.0. The zero-order valence-electron chi connectivity index (χ0n) is 14.1. The molecule has 0 aromatic heterocycles. The van der Waals surface area contributed by atoms with E-state index >= 15 is 0 Å². The number of nitrogens with two attached hydrogens (primary N) is 1. The first-order chi connectivity index (χ1) is 11.9. The van der Waals surface area contributed by atoms with Crippen molar-refractivity contribution < 1.29 is 17.9 Å². The predicted octanol–water partition coefficient (Wildman–Crippen LogP) is 2.27. The van der Waals surface area contributed by atoms with Crippen LogP contribution in [0.1, 0.15) is 25.7 Å². The van der Waals surface area contributed by atoms with E-state index < -0.39 is 15.9 Å². The maximum absolute atomic E-state index is 13.3. The molecule has 1 aliphatic carbocycles. The third kappa shape index (κ3) is 3.34. The van der Waals surface area contributed by atoms with Crippen molar-refractivity contribution in [3.05, 3.63) is 36.4 Å². The summed E-state index contributed by atoms with van der Waals surface area (Å²) in [5.74, 6) is -0.0369. The Labute approximate surface area is 147 Å². The van der Waals surface area contributed by atoms with Crippen LogP contribution in [0.25, 0.3) is 10.8 Å². The predicted molar refractivity (Wildman–Crippen MR) is 95.8 cm³/mol. The van der Waals surface area contributed by atoms with Crippen molar-refractivity contribution in [2.75, 3.05) is 13.7 Å². The SMILES string of the molecule is COc1ccc(S(=O)(=O)N(CC(N)=O)C2CCCC2)c2ccccc12. The number of ether oxygens (including phenoxy) is 1. The Bertz CT molecular complexity index is 889. The lowest BCUT2D eigenvalue weighted by atomic mass is 10.1. The lowest BCUT2D eigenvalue weighted by Crippen LogP contribution is -2.44. The van der Waals surface area contributed by atoms with Crippen LogP contribution in [0.4, 0.5) is 0 Å². The normalized spacial score (nSPS) is 15.8. The molecule has 0 bridgehead atoms. The number of nitrogens with zero attached hydrogens (tertiary/aromatic N) is 1. The number of primary amides is 1. The van der Waals surface area contributed by atoms with Gasteiger partial charge >= 0.3 is 0 Å². The van der Waals surface area contributed by atoms with Gasteiger partial charge < -0.3 is 10.5 Å². The quantitative estimate of drug-likeness (QED) is 0.853. The molecule has 0 saturated heterocycles. The van der Waals surface area contributed by atoms with E-state index in [0.29, 0.717) is 11.1 Å². The molecular weight excluding hydrogens is 340 g/mol. The fraction of sp³-hybridized carbons (Fsp3) is 0.389. The van der Waals surface area contributed by atoms with Gasteiger partial charge in [-0.3, -0.25) is 4.79 Å². The van der Waals surface area contributed by atoms with Crippen LogP contribution in [-0.4, -0.2) is 38.3 Å². The first-order valence-electron chi connectivity index (χ1n) is 8.31. The Morgan fingerprint density at radius 2 is 1.80 bits per heavy atom. The maximum Gasteiger partial charge on any atom is 0.244 e. The second kappa shape index (κ2) is 7.01. The highest BCUT2D eigenvalue weighted by Gasteiger charge is 2.35. The van der Waals surface area contributed by atoms with Crippen molar-refractivity contribution in [2.24, 2.45) is 5.73 Å². The Morgan fingerprint density at radius 1 is 1.16 bits per heavy atom. The smallest absolute Gasteiger partial charge is 0.244 e. The molecule has 2 aromatic carbocycles. The molecule has 1 fully saturated rings. The summed E-state index contributed by atoms with van der Waals surface area (Å²) in [5, 5.41) is 1.30. The number of sulfonamides is 1. The van der Waals surface area contributed by atoms with E-state index in [2.05, 4.69) is 0 Å². The molecule has 0 spiro atoms. The number of amides is 1. The van der Waals surface area contributed by atoms with Crippen LogP contribution in [0.3, 0.4) is 0 Å². The number of hydrogen-bond donors (Lipinski definition) is 1. The van der Waals surface area contributed by atoms with Crippen molar-refractivity contribution in [3.63, 3.8) is 0 Å². The minimum atomic E-state index is -3.85. The summed E-state index contributed by atoms with van der Waals surface area (Å²) in [7, 11) is -2.30. The molecule has 0 aliphatic heterocycles. The second-order valence-corrected chi connectivity index (χ2v) is 8.13. The third-order valence-electron chi connectivity index (χ3n) is 4.69. The summed E-state index contributed by atoms with van der Waals surface area (Å²) in [6.07, 6.45) is 3.42. The Balaban J connectivity index is 2.15. The Hall–Kier alpha value is -2.12. The summed E-state index contributed by atoms with van der Waals surface area (Å²) in [6, 6.07) is 10.2. The largest absolute Gasteiger partial charge is 0.496 e. The fourth-order valence-corrected chi connectivity index (χ4v) is 5.38. The minimum Gasteiger partial charge on any atom is -0.496 e. The van der Waals surface area contributed by atoms with Gasteiger partial charge in [0.05, 0.1) is 18.6 Å². The van der Waals surface area contributed by atoms with E-state index in [1.54, 1.807) is 31.4 Å². The van der Waals surface area contributed by atoms with Crippen LogP contribution >= 0.6 is 0 Å². The Morgan fingerprint density at radius 3 is 2.40 bits per heavy atom. The number of carbonyl (C=O) groups is 1. The second-order valence-electron chi connectivity index (χ2n) is 6.27. The molecule has 1 saturated carbocycles. The van der Waals surface area contributed by atoms with Crippen LogP contribution < -0.4 is 10.5 Å². The first kappa shape index (κ1) is 17.7. The van der Waals surface area contributed by atoms with Gasteiger partial charge in [0.15, 0.2) is 0 Å². The summed E-state index contributed by atoms with van der Waals surface area (Å²) >= 11 is 0. The molecule has 1 amide bonds. The van der Waals surface area contributed by atoms with E-state index in [1.807, 2.05) is 12.1 Å². The molecule has 2 N–H and O–H groups in total. The first-order valence-corrected chi connectivity index (χ1v) is 9.75. The monoisotopic (exact) mass is 362 g/mol. The van der Waals surface area contributed by atoms with Crippen LogP contribution in [0, 0.1) is 0 Å². The Kier molecular flexibility index (Phi) is 4.96. The highest BCUT2D eigenvalue weighted by molar-refractivity contribution is 7.89. The average molecular weight is 362 g/mol. The topological polar surface area (TPSA) is 89.7 Å². The number of rotatable bonds is 6. The van der Waals surface area contributed by atoms with E-state index in [9.17, 15) is 13.2 Å². The average Bonchev–Trinajstić information content (AvgIpc) is 3.12. The van der Waals surface area contributed by atoms with Gasteiger partial charge in [-0.25, -0.2) is 8.42 Å². The molecule has 134 valence electrons. The van der Waals surface area contributed by atoms with Gasteiger partial charge in [0.1, 0.15) is 5.75 Å². The highest BCUT2D eigenvalue weighted by Crippen LogP contribution is 2.35. The number of benzene rings is 2. The molecule has 0 atom stereocenters. The summed E-state index contributed by atoms with van der Waals surface area (Å²) in [4.78, 5) is 11.7. The fourth-order valence-electron chi connectivity index (χ4n) is 3.53. The number of carbonyl (C=O) groups excluding carboxylic acids is 1. The molecule has 7 heteroatoms. The van der Waals surface area contributed by atoms with Crippen molar-refractivity contribution >= 4 is 26.7 Å². The van der Waals surface area contributed by atoms with Gasteiger partial charge in [-0.05, 0) is 25.0 Å². The van der Waals surface area contributed by atoms with Gasteiger partial charge in [0.2, 0.25) is 15.9 Å². The molecule has 2 aromatic rings. The van der Waals surface area contributed by atoms with Crippen LogP contribution in [0.2, 0.25) is 0 Å². The van der Waals surface area contributed by atoms with Gasteiger partial charge in [-0.15, -0.1) is 0 Å². The maximum atomic E-state index is 13.3. The van der Waals surface area contributed by atoms with Crippen LogP contribution in [-0.2, 0) is 14.8 Å². The van der Waals surface area contributed by atoms with E-state index in [4.69, 9.17) is 10.5 Å². The number of fused-ring (bicyclic) bond motifs is 1. The van der Waals surface area contributed by atoms with Crippen LogP contribution in [0.15, 0.2) is 41.3 Å². The number of hydrogen-bond acceptors (Lipinski definition) is 4. The van der Waals surface area contributed by atoms with Crippen molar-refractivity contribution in [3.8, 4) is 5.75 Å². The van der Waals surface area contributed by atoms with Crippen molar-refractivity contribution in [1.29, 1.82) is 0 Å². The number of methoxy groups -OCH3 is 1. The molecule has 1 aliphatic rings. The van der Waals surface area contributed by atoms with Crippen molar-refractivity contribution in [1.82, 2.24) is 4.31 Å². The lowest BCUT2D eigenvalue weighted by Gasteiger charge is -2.27. The van der Waals surface area contributed by atoms with Crippen molar-refractivity contribution in [2.45, 2.75) is 36.6 Å².